The molecule has 2 rings (SSSR count). The number of rotatable bonds is 6. The summed E-state index contributed by atoms with van der Waals surface area (Å²) in [7, 11) is 1.71. The van der Waals surface area contributed by atoms with E-state index >= 15 is 0 Å². The van der Waals surface area contributed by atoms with Crippen molar-refractivity contribution in [3.8, 4) is 5.75 Å². The van der Waals surface area contributed by atoms with Gasteiger partial charge in [-0.25, -0.2) is 0 Å². The quantitative estimate of drug-likeness (QED) is 0.770. The van der Waals surface area contributed by atoms with E-state index in [1.807, 2.05) is 18.2 Å². The Kier molecular flexibility index (Phi) is 5.46. The average molecular weight is 312 g/mol. The third kappa shape index (κ3) is 4.64. The second-order valence-corrected chi connectivity index (χ2v) is 5.36. The minimum atomic E-state index is -0.647. The molecule has 1 aromatic heterocycles. The molecule has 0 N–H and O–H groups in total. The highest BCUT2D eigenvalue weighted by atomic mass is 16.5. The molecule has 5 heteroatoms. The van der Waals surface area contributed by atoms with Crippen LogP contribution in [0.1, 0.15) is 29.9 Å². The van der Waals surface area contributed by atoms with Crippen molar-refractivity contribution in [2.75, 3.05) is 7.05 Å². The predicted octanol–water partition coefficient (Wildman–Crippen LogP) is 2.71. The van der Waals surface area contributed by atoms with Crippen molar-refractivity contribution in [1.82, 2.24) is 9.88 Å². The summed E-state index contributed by atoms with van der Waals surface area (Å²) in [6.45, 7) is 3.60. The number of likely N-dealkylation sites (N-methyl/N-ethyl adjacent to an activating group) is 1. The van der Waals surface area contributed by atoms with Gasteiger partial charge in [0.05, 0.1) is 12.2 Å². The lowest BCUT2D eigenvalue weighted by atomic mass is 10.1. The van der Waals surface area contributed by atoms with Gasteiger partial charge in [0.15, 0.2) is 11.9 Å². The van der Waals surface area contributed by atoms with Gasteiger partial charge in [0, 0.05) is 18.8 Å². The number of Topliss-reactive ketones (excluding diaryl/α,β-unsaturated/α-hetero) is 1. The van der Waals surface area contributed by atoms with E-state index in [2.05, 4.69) is 4.98 Å². The summed E-state index contributed by atoms with van der Waals surface area (Å²) < 4.78 is 5.66. The molecule has 1 amide bonds. The van der Waals surface area contributed by atoms with Crippen LogP contribution in [0.3, 0.4) is 0 Å². The number of amides is 1. The molecule has 120 valence electrons. The maximum atomic E-state index is 12.4. The van der Waals surface area contributed by atoms with Crippen molar-refractivity contribution in [2.24, 2.45) is 0 Å². The zero-order valence-corrected chi connectivity index (χ0v) is 13.5. The van der Waals surface area contributed by atoms with Crippen LogP contribution in [0.15, 0.2) is 48.7 Å². The largest absolute Gasteiger partial charge is 0.481 e. The monoisotopic (exact) mass is 312 g/mol. The fraction of sp³-hybridized carbons (Fsp3) is 0.278. The molecule has 0 saturated carbocycles. The first-order valence-electron chi connectivity index (χ1n) is 7.40. The molecule has 0 unspecified atom stereocenters. The number of pyridine rings is 1. The number of aromatic nitrogens is 1. The zero-order valence-electron chi connectivity index (χ0n) is 13.5. The molecular weight excluding hydrogens is 292 g/mol. The summed E-state index contributed by atoms with van der Waals surface area (Å²) in [5.74, 6) is 0.315. The molecule has 0 fully saturated rings. The van der Waals surface area contributed by atoms with Gasteiger partial charge in [-0.15, -0.1) is 0 Å². The zero-order chi connectivity index (χ0) is 16.8. The summed E-state index contributed by atoms with van der Waals surface area (Å²) in [5.41, 5.74) is 1.37. The van der Waals surface area contributed by atoms with Crippen LogP contribution in [0.5, 0.6) is 5.75 Å². The molecular formula is C18H20N2O3. The van der Waals surface area contributed by atoms with Crippen LogP contribution in [0.25, 0.3) is 0 Å². The number of benzene rings is 1. The van der Waals surface area contributed by atoms with Crippen LogP contribution in [-0.2, 0) is 11.3 Å². The van der Waals surface area contributed by atoms with E-state index < -0.39 is 6.10 Å². The van der Waals surface area contributed by atoms with Gasteiger partial charge in [0.2, 0.25) is 0 Å². The Bertz CT molecular complexity index is 686. The van der Waals surface area contributed by atoms with E-state index in [0.29, 0.717) is 17.9 Å². The van der Waals surface area contributed by atoms with Crippen LogP contribution >= 0.6 is 0 Å². The number of hydrogen-bond acceptors (Lipinski definition) is 4. The fourth-order valence-corrected chi connectivity index (χ4v) is 2.17. The van der Waals surface area contributed by atoms with Crippen LogP contribution in [0, 0.1) is 0 Å². The number of hydrogen-bond donors (Lipinski definition) is 0. The van der Waals surface area contributed by atoms with E-state index in [-0.39, 0.29) is 11.7 Å². The van der Waals surface area contributed by atoms with Gasteiger partial charge in [-0.1, -0.05) is 18.2 Å². The van der Waals surface area contributed by atoms with E-state index in [0.717, 1.165) is 5.69 Å². The Morgan fingerprint density at radius 3 is 2.65 bits per heavy atom. The maximum Gasteiger partial charge on any atom is 0.263 e. The average Bonchev–Trinajstić information content (AvgIpc) is 2.55. The number of ether oxygens (including phenoxy) is 1. The smallest absolute Gasteiger partial charge is 0.263 e. The lowest BCUT2D eigenvalue weighted by Crippen LogP contribution is -2.37. The first-order chi connectivity index (χ1) is 11.0. The number of ketones is 1. The van der Waals surface area contributed by atoms with Gasteiger partial charge in [-0.2, -0.15) is 0 Å². The SMILES string of the molecule is CC(=O)c1cccc(O[C@@H](C)C(=O)N(C)Cc2ccccn2)c1. The summed E-state index contributed by atoms with van der Waals surface area (Å²) in [4.78, 5) is 29.5. The Balaban J connectivity index is 1.99. The highest BCUT2D eigenvalue weighted by Crippen LogP contribution is 2.16. The molecule has 0 saturated heterocycles. The van der Waals surface area contributed by atoms with Crippen molar-refractivity contribution in [2.45, 2.75) is 26.5 Å². The van der Waals surface area contributed by atoms with Crippen molar-refractivity contribution >= 4 is 11.7 Å². The molecule has 0 aliphatic carbocycles. The Morgan fingerprint density at radius 2 is 2.00 bits per heavy atom. The maximum absolute atomic E-state index is 12.4. The standard InChI is InChI=1S/C18H20N2O3/c1-13(21)15-7-6-9-17(11-15)23-14(2)18(22)20(3)12-16-8-4-5-10-19-16/h4-11,14H,12H2,1-3H3/t14-/m0/s1. The summed E-state index contributed by atoms with van der Waals surface area (Å²) in [5, 5.41) is 0. The van der Waals surface area contributed by atoms with Crippen LogP contribution in [-0.4, -0.2) is 34.7 Å². The second-order valence-electron chi connectivity index (χ2n) is 5.36. The topological polar surface area (TPSA) is 59.5 Å². The van der Waals surface area contributed by atoms with Crippen molar-refractivity contribution in [3.63, 3.8) is 0 Å². The van der Waals surface area contributed by atoms with E-state index in [1.54, 1.807) is 49.3 Å². The molecule has 23 heavy (non-hydrogen) atoms. The Morgan fingerprint density at radius 1 is 1.22 bits per heavy atom. The molecule has 2 aromatic rings. The summed E-state index contributed by atoms with van der Waals surface area (Å²) >= 11 is 0. The molecule has 1 heterocycles. The van der Waals surface area contributed by atoms with E-state index in [9.17, 15) is 9.59 Å². The highest BCUT2D eigenvalue weighted by Gasteiger charge is 2.19. The number of nitrogens with zero attached hydrogens (tertiary/aromatic N) is 2. The Hall–Kier alpha value is -2.69. The predicted molar refractivity (Wildman–Crippen MR) is 87.2 cm³/mol. The summed E-state index contributed by atoms with van der Waals surface area (Å²) in [6.07, 6.45) is 1.05. The van der Waals surface area contributed by atoms with Gasteiger partial charge in [0.1, 0.15) is 5.75 Å². The van der Waals surface area contributed by atoms with Crippen LogP contribution in [0.2, 0.25) is 0 Å². The lowest BCUT2D eigenvalue weighted by molar-refractivity contribution is -0.137. The van der Waals surface area contributed by atoms with Gasteiger partial charge in [-0.05, 0) is 38.1 Å². The van der Waals surface area contributed by atoms with Crippen LogP contribution < -0.4 is 4.74 Å². The molecule has 0 aliphatic rings. The molecule has 0 bridgehead atoms. The fourth-order valence-electron chi connectivity index (χ4n) is 2.17. The van der Waals surface area contributed by atoms with Crippen molar-refractivity contribution in [1.29, 1.82) is 0 Å². The second kappa shape index (κ2) is 7.54. The van der Waals surface area contributed by atoms with Gasteiger partial charge < -0.3 is 9.64 Å². The molecule has 1 atom stereocenters. The third-order valence-electron chi connectivity index (χ3n) is 3.40. The van der Waals surface area contributed by atoms with Crippen molar-refractivity contribution in [3.05, 3.63) is 59.9 Å². The summed E-state index contributed by atoms with van der Waals surface area (Å²) in [6, 6.07) is 12.4. The van der Waals surface area contributed by atoms with E-state index in [1.165, 1.54) is 6.92 Å². The van der Waals surface area contributed by atoms with E-state index in [4.69, 9.17) is 4.74 Å². The molecule has 0 radical (unpaired) electrons. The van der Waals surface area contributed by atoms with Gasteiger partial charge >= 0.3 is 0 Å². The molecule has 0 aliphatic heterocycles. The minimum absolute atomic E-state index is 0.0401. The molecule has 0 spiro atoms. The molecule has 5 nitrogen and oxygen atoms in total. The number of carbonyl (C=O) groups excluding carboxylic acids is 2. The molecule has 1 aromatic carbocycles. The highest BCUT2D eigenvalue weighted by molar-refractivity contribution is 5.94. The normalized spacial score (nSPS) is 11.6. The first-order valence-corrected chi connectivity index (χ1v) is 7.40. The first kappa shape index (κ1) is 16.7. The Labute approximate surface area is 135 Å². The minimum Gasteiger partial charge on any atom is -0.481 e. The van der Waals surface area contributed by atoms with Crippen LogP contribution in [0.4, 0.5) is 0 Å². The van der Waals surface area contributed by atoms with Crippen molar-refractivity contribution < 1.29 is 14.3 Å². The third-order valence-corrected chi connectivity index (χ3v) is 3.40. The van der Waals surface area contributed by atoms with Gasteiger partial charge in [0.25, 0.3) is 5.91 Å². The number of carbonyl (C=O) groups is 2. The van der Waals surface area contributed by atoms with Gasteiger partial charge in [-0.3, -0.25) is 14.6 Å². The lowest BCUT2D eigenvalue weighted by Gasteiger charge is -2.22.